The molecule has 0 radical (unpaired) electrons. The van der Waals surface area contributed by atoms with Gasteiger partial charge in [-0.15, -0.1) is 0 Å². The maximum atomic E-state index is 8.73. The van der Waals surface area contributed by atoms with Gasteiger partial charge in [-0.3, -0.25) is 0 Å². The van der Waals surface area contributed by atoms with Crippen molar-refractivity contribution in [1.29, 1.82) is 0 Å². The van der Waals surface area contributed by atoms with Gasteiger partial charge in [0, 0.05) is 6.54 Å². The molecular weight excluding hydrogens is 132 g/mol. The van der Waals surface area contributed by atoms with Crippen LogP contribution in [0.1, 0.15) is 11.7 Å². The molecule has 0 aromatic carbocycles. The quantitative estimate of drug-likeness (QED) is 0.608. The third kappa shape index (κ3) is 1.34. The average molecular weight is 142 g/mol. The van der Waals surface area contributed by atoms with Crippen LogP contribution in [-0.2, 0) is 0 Å². The van der Waals surface area contributed by atoms with Crippen molar-refractivity contribution in [2.45, 2.75) is 5.92 Å². The summed E-state index contributed by atoms with van der Waals surface area (Å²) in [6.07, 6.45) is 2.89. The lowest BCUT2D eigenvalue weighted by Gasteiger charge is -2.04. The summed E-state index contributed by atoms with van der Waals surface area (Å²) in [7, 11) is 0. The largest absolute Gasteiger partial charge is 0.448 e. The lowest BCUT2D eigenvalue weighted by Crippen LogP contribution is -2.15. The van der Waals surface area contributed by atoms with Crippen LogP contribution in [0.3, 0.4) is 0 Å². The summed E-state index contributed by atoms with van der Waals surface area (Å²) >= 11 is 0. The molecule has 10 heavy (non-hydrogen) atoms. The van der Waals surface area contributed by atoms with Crippen molar-refractivity contribution in [1.82, 2.24) is 4.98 Å². The first-order valence-electron chi connectivity index (χ1n) is 3.07. The van der Waals surface area contributed by atoms with Gasteiger partial charge in [0.1, 0.15) is 5.76 Å². The molecule has 0 aliphatic carbocycles. The second-order valence-corrected chi connectivity index (χ2v) is 2.02. The summed E-state index contributed by atoms with van der Waals surface area (Å²) in [5, 5.41) is 8.73. The van der Waals surface area contributed by atoms with E-state index in [1.165, 1.54) is 6.39 Å². The summed E-state index contributed by atoms with van der Waals surface area (Å²) in [6.45, 7) is 0.386. The SMILES string of the molecule is NCC(CO)c1cnco1. The van der Waals surface area contributed by atoms with Gasteiger partial charge in [0.05, 0.1) is 18.7 Å². The van der Waals surface area contributed by atoms with Crippen molar-refractivity contribution in [3.8, 4) is 0 Å². The number of aliphatic hydroxyl groups is 1. The van der Waals surface area contributed by atoms with Crippen LogP contribution in [0.4, 0.5) is 0 Å². The van der Waals surface area contributed by atoms with Crippen LogP contribution in [0.15, 0.2) is 17.0 Å². The summed E-state index contributed by atoms with van der Waals surface area (Å²) in [5.41, 5.74) is 5.33. The van der Waals surface area contributed by atoms with Crippen LogP contribution < -0.4 is 5.73 Å². The maximum absolute atomic E-state index is 8.73. The van der Waals surface area contributed by atoms with Crippen molar-refractivity contribution in [2.75, 3.05) is 13.2 Å². The fourth-order valence-corrected chi connectivity index (χ4v) is 0.708. The first kappa shape index (κ1) is 7.24. The molecule has 3 N–H and O–H groups in total. The number of oxazole rings is 1. The van der Waals surface area contributed by atoms with Crippen LogP contribution in [-0.4, -0.2) is 23.2 Å². The molecule has 4 nitrogen and oxygen atoms in total. The van der Waals surface area contributed by atoms with E-state index in [0.29, 0.717) is 12.3 Å². The Hall–Kier alpha value is -0.870. The van der Waals surface area contributed by atoms with Crippen LogP contribution in [0.25, 0.3) is 0 Å². The minimum absolute atomic E-state index is 0.00565. The standard InChI is InChI=1S/C6H10N2O2/c7-1-5(3-9)6-2-8-4-10-6/h2,4-5,9H,1,3,7H2. The van der Waals surface area contributed by atoms with Crippen molar-refractivity contribution < 1.29 is 9.52 Å². The minimum Gasteiger partial charge on any atom is -0.448 e. The minimum atomic E-state index is -0.109. The smallest absolute Gasteiger partial charge is 0.180 e. The lowest BCUT2D eigenvalue weighted by atomic mass is 10.1. The number of rotatable bonds is 3. The number of nitrogens with two attached hydrogens (primary N) is 1. The van der Waals surface area contributed by atoms with Gasteiger partial charge in [-0.05, 0) is 0 Å². The van der Waals surface area contributed by atoms with Crippen molar-refractivity contribution in [3.05, 3.63) is 18.4 Å². The highest BCUT2D eigenvalue weighted by Crippen LogP contribution is 2.11. The maximum Gasteiger partial charge on any atom is 0.180 e. The molecule has 0 aliphatic rings. The Morgan fingerprint density at radius 2 is 2.60 bits per heavy atom. The number of hydrogen-bond donors (Lipinski definition) is 2. The Morgan fingerprint density at radius 3 is 3.00 bits per heavy atom. The molecule has 0 spiro atoms. The molecule has 0 amide bonds. The topological polar surface area (TPSA) is 72.3 Å². The number of aromatic nitrogens is 1. The summed E-state index contributed by atoms with van der Waals surface area (Å²) < 4.78 is 4.93. The monoisotopic (exact) mass is 142 g/mol. The predicted octanol–water partition coefficient (Wildman–Crippen LogP) is -0.291. The van der Waals surface area contributed by atoms with E-state index in [9.17, 15) is 0 Å². The van der Waals surface area contributed by atoms with E-state index in [-0.39, 0.29) is 12.5 Å². The normalized spacial score (nSPS) is 13.4. The summed E-state index contributed by atoms with van der Waals surface area (Å²) in [4.78, 5) is 3.71. The molecule has 1 rings (SSSR count). The van der Waals surface area contributed by atoms with Crippen LogP contribution in [0, 0.1) is 0 Å². The third-order valence-corrected chi connectivity index (χ3v) is 1.36. The molecule has 0 saturated carbocycles. The van der Waals surface area contributed by atoms with Gasteiger partial charge in [0.25, 0.3) is 0 Å². The molecule has 0 saturated heterocycles. The number of hydrogen-bond acceptors (Lipinski definition) is 4. The second kappa shape index (κ2) is 3.34. The molecule has 0 bridgehead atoms. The first-order valence-corrected chi connectivity index (χ1v) is 3.07. The van der Waals surface area contributed by atoms with E-state index in [1.807, 2.05) is 0 Å². The zero-order chi connectivity index (χ0) is 7.40. The Kier molecular flexibility index (Phi) is 2.42. The van der Waals surface area contributed by atoms with Gasteiger partial charge in [0.15, 0.2) is 6.39 Å². The van der Waals surface area contributed by atoms with E-state index in [2.05, 4.69) is 4.98 Å². The van der Waals surface area contributed by atoms with E-state index in [1.54, 1.807) is 6.20 Å². The Bertz CT molecular complexity index is 170. The van der Waals surface area contributed by atoms with Gasteiger partial charge < -0.3 is 15.3 Å². The number of aliphatic hydroxyl groups excluding tert-OH is 1. The second-order valence-electron chi connectivity index (χ2n) is 2.02. The molecule has 1 heterocycles. The molecule has 56 valence electrons. The predicted molar refractivity (Wildman–Crippen MR) is 35.4 cm³/mol. The van der Waals surface area contributed by atoms with E-state index < -0.39 is 0 Å². The molecule has 0 aliphatic heterocycles. The van der Waals surface area contributed by atoms with Gasteiger partial charge >= 0.3 is 0 Å². The van der Waals surface area contributed by atoms with E-state index >= 15 is 0 Å². The van der Waals surface area contributed by atoms with Crippen LogP contribution in [0.2, 0.25) is 0 Å². The van der Waals surface area contributed by atoms with E-state index in [0.717, 1.165) is 0 Å². The summed E-state index contributed by atoms with van der Waals surface area (Å²) in [6, 6.07) is 0. The third-order valence-electron chi connectivity index (χ3n) is 1.36. The van der Waals surface area contributed by atoms with Crippen LogP contribution >= 0.6 is 0 Å². The average Bonchev–Trinajstić information content (AvgIpc) is 2.43. The highest BCUT2D eigenvalue weighted by molar-refractivity contribution is 4.98. The highest BCUT2D eigenvalue weighted by Gasteiger charge is 2.10. The van der Waals surface area contributed by atoms with Crippen molar-refractivity contribution >= 4 is 0 Å². The van der Waals surface area contributed by atoms with Gasteiger partial charge in [0.2, 0.25) is 0 Å². The molecule has 1 aromatic rings. The first-order chi connectivity index (χ1) is 4.88. The fourth-order valence-electron chi connectivity index (χ4n) is 0.708. The molecule has 4 heteroatoms. The molecule has 1 unspecified atom stereocenters. The Balaban J connectivity index is 2.64. The van der Waals surface area contributed by atoms with Gasteiger partial charge in [-0.25, -0.2) is 4.98 Å². The lowest BCUT2D eigenvalue weighted by molar-refractivity contribution is 0.251. The molecule has 0 fully saturated rings. The van der Waals surface area contributed by atoms with Crippen molar-refractivity contribution in [2.24, 2.45) is 5.73 Å². The zero-order valence-electron chi connectivity index (χ0n) is 5.53. The fraction of sp³-hybridized carbons (Fsp3) is 0.500. The molecule has 1 atom stereocenters. The number of nitrogens with zero attached hydrogens (tertiary/aromatic N) is 1. The van der Waals surface area contributed by atoms with Crippen molar-refractivity contribution in [3.63, 3.8) is 0 Å². The summed E-state index contributed by atoms with van der Waals surface area (Å²) in [5.74, 6) is 0.535. The van der Waals surface area contributed by atoms with Gasteiger partial charge in [-0.2, -0.15) is 0 Å². The van der Waals surface area contributed by atoms with Crippen LogP contribution in [0.5, 0.6) is 0 Å². The molecular formula is C6H10N2O2. The Labute approximate surface area is 58.7 Å². The highest BCUT2D eigenvalue weighted by atomic mass is 16.3. The van der Waals surface area contributed by atoms with Gasteiger partial charge in [-0.1, -0.05) is 0 Å². The zero-order valence-corrected chi connectivity index (χ0v) is 5.53. The van der Waals surface area contributed by atoms with E-state index in [4.69, 9.17) is 15.3 Å². The Morgan fingerprint density at radius 1 is 1.80 bits per heavy atom. The molecule has 1 aromatic heterocycles.